The highest BCUT2D eigenvalue weighted by molar-refractivity contribution is 5.82. The summed E-state index contributed by atoms with van der Waals surface area (Å²) in [6, 6.07) is 0.156. The van der Waals surface area contributed by atoms with E-state index < -0.39 is 0 Å². The molecule has 0 radical (unpaired) electrons. The Labute approximate surface area is 174 Å². The van der Waals surface area contributed by atoms with E-state index in [-0.39, 0.29) is 18.9 Å². The van der Waals surface area contributed by atoms with Crippen LogP contribution in [0.15, 0.2) is 16.3 Å². The van der Waals surface area contributed by atoms with Crippen molar-refractivity contribution in [2.75, 3.05) is 45.8 Å². The van der Waals surface area contributed by atoms with E-state index in [2.05, 4.69) is 22.1 Å². The lowest BCUT2D eigenvalue weighted by Gasteiger charge is -2.62. The highest BCUT2D eigenvalue weighted by atomic mass is 16.2. The van der Waals surface area contributed by atoms with E-state index >= 15 is 0 Å². The molecule has 4 heterocycles. The van der Waals surface area contributed by atoms with Crippen molar-refractivity contribution in [3.8, 4) is 0 Å². The number of carbonyl (C=O) groups is 2. The van der Waals surface area contributed by atoms with Crippen LogP contribution in [0.25, 0.3) is 0 Å². The van der Waals surface area contributed by atoms with E-state index in [9.17, 15) is 9.59 Å². The molecule has 0 atom stereocenters. The minimum atomic E-state index is -0.119. The van der Waals surface area contributed by atoms with E-state index in [0.29, 0.717) is 30.8 Å². The summed E-state index contributed by atoms with van der Waals surface area (Å²) >= 11 is 0. The Kier molecular flexibility index (Phi) is 4.49. The third-order valence-corrected chi connectivity index (χ3v) is 7.37. The van der Waals surface area contributed by atoms with Gasteiger partial charge in [-0.05, 0) is 38.2 Å². The second-order valence-corrected chi connectivity index (χ2v) is 9.97. The molecule has 5 aliphatic rings. The Morgan fingerprint density at radius 3 is 2.45 bits per heavy atom. The van der Waals surface area contributed by atoms with Gasteiger partial charge in [0.25, 0.3) is 0 Å². The molecule has 0 aromatic rings. The smallest absolute Gasteiger partial charge is 0.320 e. The Morgan fingerprint density at radius 2 is 1.90 bits per heavy atom. The number of nitrogens with one attached hydrogen (secondary N) is 1. The number of hydrogen-bond donors (Lipinski definition) is 1. The number of amides is 3. The van der Waals surface area contributed by atoms with Crippen molar-refractivity contribution in [2.24, 2.45) is 16.3 Å². The molecule has 7 nitrogen and oxygen atoms in total. The van der Waals surface area contributed by atoms with Gasteiger partial charge >= 0.3 is 6.03 Å². The molecule has 0 aromatic carbocycles. The van der Waals surface area contributed by atoms with E-state index in [4.69, 9.17) is 0 Å². The van der Waals surface area contributed by atoms with Crippen LogP contribution in [0, 0.1) is 11.3 Å². The maximum absolute atomic E-state index is 12.7. The SMILES string of the molecule is CC=N/C(=C(\CC)CN1CC2(C1)CN(C(=O)N1CC3(CCC(=O)N3)C1)C2)C1CC1.[HH]. The summed E-state index contributed by atoms with van der Waals surface area (Å²) in [6.07, 6.45) is 7.06. The van der Waals surface area contributed by atoms with Crippen LogP contribution in [0.5, 0.6) is 0 Å². The Hall–Kier alpha value is -1.89. The van der Waals surface area contributed by atoms with Crippen LogP contribution < -0.4 is 5.32 Å². The topological polar surface area (TPSA) is 68.2 Å². The van der Waals surface area contributed by atoms with Gasteiger partial charge in [-0.15, -0.1) is 0 Å². The molecule has 2 spiro atoms. The van der Waals surface area contributed by atoms with Crippen LogP contribution in [0.1, 0.15) is 47.4 Å². The molecule has 4 aliphatic heterocycles. The lowest BCUT2D eigenvalue weighted by Crippen LogP contribution is -2.77. The quantitative estimate of drug-likeness (QED) is 0.718. The summed E-state index contributed by atoms with van der Waals surface area (Å²) in [7, 11) is 0. The van der Waals surface area contributed by atoms with Gasteiger partial charge in [-0.25, -0.2) is 4.79 Å². The molecule has 0 bridgehead atoms. The average Bonchev–Trinajstić information content (AvgIpc) is 3.37. The zero-order valence-corrected chi connectivity index (χ0v) is 17.7. The van der Waals surface area contributed by atoms with Gasteiger partial charge in [0.2, 0.25) is 5.91 Å². The van der Waals surface area contributed by atoms with Crippen LogP contribution >= 0.6 is 0 Å². The van der Waals surface area contributed by atoms with Crippen LogP contribution in [0.4, 0.5) is 4.79 Å². The van der Waals surface area contributed by atoms with E-state index in [0.717, 1.165) is 45.6 Å². The summed E-state index contributed by atoms with van der Waals surface area (Å²) in [5, 5.41) is 3.05. The number of urea groups is 1. The van der Waals surface area contributed by atoms with Crippen molar-refractivity contribution in [3.63, 3.8) is 0 Å². The molecule has 0 aromatic heterocycles. The third kappa shape index (κ3) is 3.37. The zero-order chi connectivity index (χ0) is 20.2. The molecule has 1 aliphatic carbocycles. The predicted molar refractivity (Wildman–Crippen MR) is 114 cm³/mol. The number of aliphatic imine (C=N–C) groups is 1. The van der Waals surface area contributed by atoms with Gasteiger partial charge in [0.15, 0.2) is 0 Å². The summed E-state index contributed by atoms with van der Waals surface area (Å²) in [5.74, 6) is 0.821. The van der Waals surface area contributed by atoms with Crippen molar-refractivity contribution in [2.45, 2.75) is 51.5 Å². The number of hydrogen-bond acceptors (Lipinski definition) is 4. The van der Waals surface area contributed by atoms with E-state index in [1.54, 1.807) is 0 Å². The van der Waals surface area contributed by atoms with Crippen molar-refractivity contribution in [3.05, 3.63) is 11.3 Å². The fourth-order valence-electron chi connectivity index (χ4n) is 5.77. The number of rotatable bonds is 5. The first-order valence-electron chi connectivity index (χ1n) is 11.2. The fourth-order valence-corrected chi connectivity index (χ4v) is 5.77. The second kappa shape index (κ2) is 6.83. The number of nitrogens with zero attached hydrogens (tertiary/aromatic N) is 4. The van der Waals surface area contributed by atoms with Crippen LogP contribution in [-0.2, 0) is 4.79 Å². The maximum Gasteiger partial charge on any atom is 0.320 e. The van der Waals surface area contributed by atoms with E-state index in [1.807, 2.05) is 22.9 Å². The van der Waals surface area contributed by atoms with Gasteiger partial charge in [-0.1, -0.05) is 6.92 Å². The molecule has 5 rings (SSSR count). The molecule has 5 fully saturated rings. The zero-order valence-electron chi connectivity index (χ0n) is 17.7. The molecule has 0 unspecified atom stereocenters. The Bertz CT molecular complexity index is 770. The lowest BCUT2D eigenvalue weighted by atomic mass is 9.72. The van der Waals surface area contributed by atoms with Crippen molar-refractivity contribution in [1.29, 1.82) is 0 Å². The molecular weight excluding hydrogens is 366 g/mol. The van der Waals surface area contributed by atoms with Gasteiger partial charge in [-0.2, -0.15) is 0 Å². The molecule has 3 amide bonds. The third-order valence-electron chi connectivity index (χ3n) is 7.37. The van der Waals surface area contributed by atoms with Crippen molar-refractivity contribution >= 4 is 18.2 Å². The number of allylic oxidation sites excluding steroid dienone is 1. The molecule has 7 heteroatoms. The van der Waals surface area contributed by atoms with Crippen molar-refractivity contribution < 1.29 is 11.0 Å². The molecule has 4 saturated heterocycles. The van der Waals surface area contributed by atoms with Crippen LogP contribution in [0.3, 0.4) is 0 Å². The molecule has 160 valence electrons. The highest BCUT2D eigenvalue weighted by Crippen LogP contribution is 2.43. The minimum Gasteiger partial charge on any atom is -0.347 e. The number of carbonyl (C=O) groups excluding carboxylic acids is 2. The first-order chi connectivity index (χ1) is 13.9. The normalized spacial score (nSPS) is 28.3. The first kappa shape index (κ1) is 19.1. The summed E-state index contributed by atoms with van der Waals surface area (Å²) in [4.78, 5) is 35.3. The average molecular weight is 402 g/mol. The summed E-state index contributed by atoms with van der Waals surface area (Å²) in [6.45, 7) is 10.6. The maximum atomic E-state index is 12.7. The van der Waals surface area contributed by atoms with Gasteiger partial charge < -0.3 is 15.1 Å². The fraction of sp³-hybridized carbons (Fsp3) is 0.773. The van der Waals surface area contributed by atoms with E-state index in [1.165, 1.54) is 24.1 Å². The molecule has 1 saturated carbocycles. The first-order valence-corrected chi connectivity index (χ1v) is 11.2. The minimum absolute atomic E-state index is 0. The summed E-state index contributed by atoms with van der Waals surface area (Å²) < 4.78 is 0. The number of likely N-dealkylation sites (tertiary alicyclic amines) is 3. The second-order valence-electron chi connectivity index (χ2n) is 9.97. The molecule has 29 heavy (non-hydrogen) atoms. The van der Waals surface area contributed by atoms with Crippen molar-refractivity contribution in [1.82, 2.24) is 20.0 Å². The van der Waals surface area contributed by atoms with Gasteiger partial charge in [0, 0.05) is 76.9 Å². The predicted octanol–water partition coefficient (Wildman–Crippen LogP) is 2.10. The standard InChI is InChI=1S/C22H33N5O2.H2/c1-3-16(19(23-4-2)17-5-6-17)9-25-10-21(11-25)12-26(13-21)20(29)27-14-22(15-27)8-7-18(28)24-22;/h4,17H,3,5-15H2,1-2H3,(H,24,28);1H/b19-16+,23-4?;. The van der Waals surface area contributed by atoms with Gasteiger partial charge in [-0.3, -0.25) is 14.7 Å². The summed E-state index contributed by atoms with van der Waals surface area (Å²) in [5.41, 5.74) is 3.03. The van der Waals surface area contributed by atoms with Gasteiger partial charge in [0.05, 0.1) is 5.54 Å². The molecular formula is C22H35N5O2. The van der Waals surface area contributed by atoms with Crippen LogP contribution in [0.2, 0.25) is 0 Å². The lowest BCUT2D eigenvalue weighted by molar-refractivity contribution is -0.121. The molecule has 1 N–H and O–H groups in total. The Morgan fingerprint density at radius 1 is 1.21 bits per heavy atom. The van der Waals surface area contributed by atoms with Gasteiger partial charge in [0.1, 0.15) is 0 Å². The monoisotopic (exact) mass is 401 g/mol. The Balaban J connectivity index is 0.00000218. The largest absolute Gasteiger partial charge is 0.347 e. The highest BCUT2D eigenvalue weighted by Gasteiger charge is 2.56. The van der Waals surface area contributed by atoms with Crippen LogP contribution in [-0.4, -0.2) is 84.2 Å².